The summed E-state index contributed by atoms with van der Waals surface area (Å²) in [5, 5.41) is 26.5. The van der Waals surface area contributed by atoms with Crippen molar-refractivity contribution >= 4 is 17.5 Å². The van der Waals surface area contributed by atoms with Crippen molar-refractivity contribution in [1.82, 2.24) is 5.32 Å². The van der Waals surface area contributed by atoms with Crippen LogP contribution in [0.5, 0.6) is 0 Å². The predicted octanol–water partition coefficient (Wildman–Crippen LogP) is 6.63. The molecular weight excluding hydrogens is 543 g/mol. The van der Waals surface area contributed by atoms with Crippen molar-refractivity contribution < 1.29 is 27.9 Å². The molecule has 0 radical (unpaired) electrons. The van der Waals surface area contributed by atoms with Crippen LogP contribution in [0.2, 0.25) is 0 Å². The Bertz CT molecular complexity index is 1500. The van der Waals surface area contributed by atoms with Crippen molar-refractivity contribution in [2.45, 2.75) is 69.2 Å². The van der Waals surface area contributed by atoms with E-state index in [0.29, 0.717) is 24.0 Å². The first kappa shape index (κ1) is 29.3. The van der Waals surface area contributed by atoms with Gasteiger partial charge in [0, 0.05) is 23.7 Å². The molecule has 218 valence electrons. The van der Waals surface area contributed by atoms with Crippen LogP contribution >= 0.6 is 0 Å². The minimum atomic E-state index is -4.77. The zero-order valence-electron chi connectivity index (χ0n) is 23.0. The second kappa shape index (κ2) is 12.0. The first-order chi connectivity index (χ1) is 20.1. The highest BCUT2D eigenvalue weighted by Crippen LogP contribution is 2.38. The highest BCUT2D eigenvalue weighted by molar-refractivity contribution is 5.98. The lowest BCUT2D eigenvalue weighted by atomic mass is 9.73. The monoisotopic (exact) mass is 575 g/mol. The van der Waals surface area contributed by atoms with Gasteiger partial charge >= 0.3 is 6.18 Å². The SMILES string of the molecule is N#Cc1ccc(NC(=O)C(O)(Cc2cccc(-c3ccc(C(=O)NC4CC4)cc3)c2)C2CCCCC2)cc1C(F)(F)F. The molecule has 1 atom stereocenters. The van der Waals surface area contributed by atoms with Crippen LogP contribution in [0.15, 0.2) is 66.7 Å². The van der Waals surface area contributed by atoms with Gasteiger partial charge in [-0.15, -0.1) is 0 Å². The van der Waals surface area contributed by atoms with Gasteiger partial charge in [-0.2, -0.15) is 18.4 Å². The molecule has 0 aromatic heterocycles. The van der Waals surface area contributed by atoms with Crippen LogP contribution in [0.1, 0.15) is 72.0 Å². The maximum absolute atomic E-state index is 13.6. The van der Waals surface area contributed by atoms with Gasteiger partial charge in [-0.25, -0.2) is 0 Å². The van der Waals surface area contributed by atoms with Gasteiger partial charge in [0.2, 0.25) is 0 Å². The molecule has 5 rings (SSSR count). The number of aliphatic hydroxyl groups is 1. The summed E-state index contributed by atoms with van der Waals surface area (Å²) in [7, 11) is 0. The molecule has 2 aliphatic rings. The number of anilines is 1. The van der Waals surface area contributed by atoms with Crippen molar-refractivity contribution in [2.75, 3.05) is 5.32 Å². The number of benzene rings is 3. The smallest absolute Gasteiger partial charge is 0.379 e. The molecule has 2 amide bonds. The molecule has 42 heavy (non-hydrogen) atoms. The van der Waals surface area contributed by atoms with Crippen molar-refractivity contribution in [3.05, 3.63) is 89.0 Å². The van der Waals surface area contributed by atoms with E-state index in [2.05, 4.69) is 10.6 Å². The number of nitriles is 1. The summed E-state index contributed by atoms with van der Waals surface area (Å²) in [5.74, 6) is -1.26. The number of rotatable bonds is 8. The summed E-state index contributed by atoms with van der Waals surface area (Å²) >= 11 is 0. The molecule has 0 bridgehead atoms. The molecule has 0 aliphatic heterocycles. The van der Waals surface area contributed by atoms with Gasteiger partial charge in [-0.1, -0.05) is 55.7 Å². The number of amides is 2. The van der Waals surface area contributed by atoms with Crippen LogP contribution in [0.25, 0.3) is 11.1 Å². The number of hydrogen-bond acceptors (Lipinski definition) is 4. The average molecular weight is 576 g/mol. The summed E-state index contributed by atoms with van der Waals surface area (Å²) in [6.45, 7) is 0. The summed E-state index contributed by atoms with van der Waals surface area (Å²) < 4.78 is 40.6. The van der Waals surface area contributed by atoms with Crippen LogP contribution in [-0.2, 0) is 17.4 Å². The highest BCUT2D eigenvalue weighted by atomic mass is 19.4. The van der Waals surface area contributed by atoms with Crippen LogP contribution in [0, 0.1) is 17.2 Å². The number of halogens is 3. The molecule has 2 saturated carbocycles. The second-order valence-electron chi connectivity index (χ2n) is 11.3. The molecule has 3 aromatic rings. The van der Waals surface area contributed by atoms with Crippen LogP contribution in [-0.4, -0.2) is 28.6 Å². The first-order valence-corrected chi connectivity index (χ1v) is 14.2. The molecular formula is C33H32F3N3O3. The number of carbonyl (C=O) groups excluding carboxylic acids is 2. The van der Waals surface area contributed by atoms with Gasteiger partial charge in [0.25, 0.3) is 11.8 Å². The third-order valence-electron chi connectivity index (χ3n) is 8.17. The molecule has 2 fully saturated rings. The van der Waals surface area contributed by atoms with Crippen molar-refractivity contribution in [2.24, 2.45) is 5.92 Å². The van der Waals surface area contributed by atoms with E-state index in [9.17, 15) is 27.9 Å². The lowest BCUT2D eigenvalue weighted by Gasteiger charge is -2.37. The Hall–Kier alpha value is -4.16. The number of alkyl halides is 3. The van der Waals surface area contributed by atoms with Gasteiger partial charge in [0.1, 0.15) is 5.60 Å². The van der Waals surface area contributed by atoms with Crippen molar-refractivity contribution in [3.8, 4) is 17.2 Å². The Morgan fingerprint density at radius 1 is 0.905 bits per heavy atom. The number of nitrogens with one attached hydrogen (secondary N) is 2. The van der Waals surface area contributed by atoms with E-state index in [1.807, 2.05) is 36.4 Å². The summed E-state index contributed by atoms with van der Waals surface area (Å²) in [4.78, 5) is 26.0. The normalized spacial score (nSPS) is 17.1. The minimum absolute atomic E-state index is 0.0262. The van der Waals surface area contributed by atoms with E-state index in [0.717, 1.165) is 55.4 Å². The van der Waals surface area contributed by atoms with E-state index in [1.54, 1.807) is 12.1 Å². The van der Waals surface area contributed by atoms with E-state index in [-0.39, 0.29) is 30.0 Å². The third-order valence-corrected chi connectivity index (χ3v) is 8.17. The molecule has 3 aromatic carbocycles. The fraction of sp³-hybridized carbons (Fsp3) is 0.364. The number of carbonyl (C=O) groups is 2. The van der Waals surface area contributed by atoms with Gasteiger partial charge in [-0.05, 0) is 78.6 Å². The molecule has 6 nitrogen and oxygen atoms in total. The van der Waals surface area contributed by atoms with Gasteiger partial charge < -0.3 is 15.7 Å². The number of nitrogens with zero attached hydrogens (tertiary/aromatic N) is 1. The highest BCUT2D eigenvalue weighted by Gasteiger charge is 2.44. The predicted molar refractivity (Wildman–Crippen MR) is 152 cm³/mol. The Morgan fingerprint density at radius 2 is 1.62 bits per heavy atom. The summed E-state index contributed by atoms with van der Waals surface area (Å²) in [5.41, 5.74) is -0.721. The Morgan fingerprint density at radius 3 is 2.26 bits per heavy atom. The lowest BCUT2D eigenvalue weighted by molar-refractivity contribution is -0.142. The van der Waals surface area contributed by atoms with E-state index >= 15 is 0 Å². The Kier molecular flexibility index (Phi) is 8.37. The Balaban J connectivity index is 1.39. The molecule has 1 unspecified atom stereocenters. The van der Waals surface area contributed by atoms with E-state index in [4.69, 9.17) is 5.26 Å². The topological polar surface area (TPSA) is 102 Å². The van der Waals surface area contributed by atoms with Gasteiger partial charge in [0.15, 0.2) is 0 Å². The fourth-order valence-corrected chi connectivity index (χ4v) is 5.67. The molecule has 9 heteroatoms. The van der Waals surface area contributed by atoms with Crippen LogP contribution in [0.4, 0.5) is 18.9 Å². The fourth-order valence-electron chi connectivity index (χ4n) is 5.67. The van der Waals surface area contributed by atoms with Gasteiger partial charge in [0.05, 0.1) is 17.2 Å². The molecule has 2 aliphatic carbocycles. The molecule has 0 heterocycles. The van der Waals surface area contributed by atoms with Crippen LogP contribution < -0.4 is 10.6 Å². The van der Waals surface area contributed by atoms with E-state index < -0.39 is 28.8 Å². The standard InChI is InChI=1S/C33H32F3N3O3/c34-33(35,36)29-18-28(14-13-25(29)20-37)39-31(41)32(42,26-7-2-1-3-8-26)19-21-5-4-6-24(17-21)22-9-11-23(12-10-22)30(40)38-27-15-16-27/h4-6,9-14,17-18,26-27,42H,1-3,7-8,15-16,19H2,(H,38,40)(H,39,41). The first-order valence-electron chi connectivity index (χ1n) is 14.2. The number of hydrogen-bond donors (Lipinski definition) is 3. The summed E-state index contributed by atoms with van der Waals surface area (Å²) in [6, 6.07) is 19.4. The van der Waals surface area contributed by atoms with Crippen LogP contribution in [0.3, 0.4) is 0 Å². The van der Waals surface area contributed by atoms with Crippen molar-refractivity contribution in [1.29, 1.82) is 5.26 Å². The summed E-state index contributed by atoms with van der Waals surface area (Å²) in [6.07, 6.45) is 1.12. The molecule has 0 spiro atoms. The Labute approximate surface area is 242 Å². The zero-order valence-corrected chi connectivity index (χ0v) is 23.0. The minimum Gasteiger partial charge on any atom is -0.379 e. The average Bonchev–Trinajstić information content (AvgIpc) is 3.81. The van der Waals surface area contributed by atoms with E-state index in [1.165, 1.54) is 12.1 Å². The van der Waals surface area contributed by atoms with Gasteiger partial charge in [-0.3, -0.25) is 9.59 Å². The lowest BCUT2D eigenvalue weighted by Crippen LogP contribution is -2.51. The molecule has 3 N–H and O–H groups in total. The second-order valence-corrected chi connectivity index (χ2v) is 11.3. The van der Waals surface area contributed by atoms with Crippen molar-refractivity contribution in [3.63, 3.8) is 0 Å². The maximum Gasteiger partial charge on any atom is 0.417 e. The molecule has 0 saturated heterocycles. The quantitative estimate of drug-likeness (QED) is 0.281. The third kappa shape index (κ3) is 6.66. The zero-order chi connectivity index (χ0) is 29.9. The largest absolute Gasteiger partial charge is 0.417 e. The maximum atomic E-state index is 13.6.